The molecule has 0 fully saturated rings. The maximum atomic E-state index is 2.20. The normalized spacial score (nSPS) is 10.3. The summed E-state index contributed by atoms with van der Waals surface area (Å²) in [6, 6.07) is 19.1. The zero-order chi connectivity index (χ0) is 11.2. The van der Waals surface area contributed by atoms with E-state index in [1.54, 1.807) is 0 Å². The Morgan fingerprint density at radius 1 is 0.812 bits per heavy atom. The van der Waals surface area contributed by atoms with E-state index < -0.39 is 0 Å². The standard InChI is InChI=1S/C14H14S2/c1-2-12-8-6-7-11-14(12)16-15-13-9-4-3-5-10-13/h3-11H,2H2,1H3. The predicted octanol–water partition coefficient (Wildman–Crippen LogP) is 5.05. The molecule has 2 aromatic rings. The van der Waals surface area contributed by atoms with Crippen LogP contribution >= 0.6 is 21.6 Å². The van der Waals surface area contributed by atoms with E-state index in [1.807, 2.05) is 21.6 Å². The molecule has 0 aliphatic carbocycles. The third-order valence-electron chi connectivity index (χ3n) is 2.32. The molecule has 0 spiro atoms. The molecule has 0 atom stereocenters. The second kappa shape index (κ2) is 6.02. The Hall–Kier alpha value is -0.860. The predicted molar refractivity (Wildman–Crippen MR) is 74.0 cm³/mol. The first-order valence-corrected chi connectivity index (χ1v) is 7.52. The van der Waals surface area contributed by atoms with E-state index in [0.717, 1.165) is 6.42 Å². The Morgan fingerprint density at radius 2 is 1.50 bits per heavy atom. The van der Waals surface area contributed by atoms with Crippen molar-refractivity contribution in [2.24, 2.45) is 0 Å². The largest absolute Gasteiger partial charge is 0.0622 e. The highest BCUT2D eigenvalue weighted by molar-refractivity contribution is 8.76. The number of aryl methyl sites for hydroxylation is 1. The van der Waals surface area contributed by atoms with Crippen LogP contribution in [0.4, 0.5) is 0 Å². The summed E-state index contributed by atoms with van der Waals surface area (Å²) in [5.41, 5.74) is 1.43. The molecule has 0 radical (unpaired) electrons. The minimum Gasteiger partial charge on any atom is -0.0622 e. The van der Waals surface area contributed by atoms with Crippen LogP contribution in [0.3, 0.4) is 0 Å². The van der Waals surface area contributed by atoms with Gasteiger partial charge in [0.05, 0.1) is 0 Å². The van der Waals surface area contributed by atoms with Crippen molar-refractivity contribution in [1.82, 2.24) is 0 Å². The molecule has 0 aromatic heterocycles. The molecule has 0 aliphatic heterocycles. The fourth-order valence-corrected chi connectivity index (χ4v) is 3.73. The first kappa shape index (κ1) is 11.6. The minimum absolute atomic E-state index is 1.10. The van der Waals surface area contributed by atoms with E-state index in [0.29, 0.717) is 0 Å². The summed E-state index contributed by atoms with van der Waals surface area (Å²) in [5, 5.41) is 0. The SMILES string of the molecule is CCc1ccccc1SSc1ccccc1. The van der Waals surface area contributed by atoms with Crippen LogP contribution in [0.15, 0.2) is 64.4 Å². The Balaban J connectivity index is 2.05. The molecule has 0 aliphatic rings. The highest BCUT2D eigenvalue weighted by Gasteiger charge is 2.01. The Morgan fingerprint density at radius 3 is 2.25 bits per heavy atom. The topological polar surface area (TPSA) is 0 Å². The van der Waals surface area contributed by atoms with Gasteiger partial charge in [0.15, 0.2) is 0 Å². The minimum atomic E-state index is 1.10. The number of benzene rings is 2. The van der Waals surface area contributed by atoms with Gasteiger partial charge in [-0.15, -0.1) is 0 Å². The third kappa shape index (κ3) is 3.06. The maximum Gasteiger partial charge on any atom is 0.0218 e. The van der Waals surface area contributed by atoms with Gasteiger partial charge in [0, 0.05) is 9.79 Å². The highest BCUT2D eigenvalue weighted by atomic mass is 33.1. The van der Waals surface area contributed by atoms with Gasteiger partial charge in [0.1, 0.15) is 0 Å². The van der Waals surface area contributed by atoms with Gasteiger partial charge in [-0.05, 0) is 30.2 Å². The summed E-state index contributed by atoms with van der Waals surface area (Å²) in [6.45, 7) is 2.20. The first-order valence-electron chi connectivity index (χ1n) is 5.37. The zero-order valence-electron chi connectivity index (χ0n) is 9.22. The highest BCUT2D eigenvalue weighted by Crippen LogP contribution is 2.38. The molecular weight excluding hydrogens is 232 g/mol. The zero-order valence-corrected chi connectivity index (χ0v) is 10.9. The van der Waals surface area contributed by atoms with E-state index in [-0.39, 0.29) is 0 Å². The monoisotopic (exact) mass is 246 g/mol. The average molecular weight is 246 g/mol. The summed E-state index contributed by atoms with van der Waals surface area (Å²) in [5.74, 6) is 0. The molecule has 2 heteroatoms. The summed E-state index contributed by atoms with van der Waals surface area (Å²) >= 11 is 0. The smallest absolute Gasteiger partial charge is 0.0218 e. The molecule has 0 saturated carbocycles. The van der Waals surface area contributed by atoms with Crippen LogP contribution in [-0.4, -0.2) is 0 Å². The molecule has 0 saturated heterocycles. The van der Waals surface area contributed by atoms with Crippen molar-refractivity contribution in [2.75, 3.05) is 0 Å². The van der Waals surface area contributed by atoms with Gasteiger partial charge < -0.3 is 0 Å². The van der Waals surface area contributed by atoms with E-state index in [1.165, 1.54) is 15.4 Å². The molecule has 0 heterocycles. The molecule has 0 unspecified atom stereocenters. The van der Waals surface area contributed by atoms with Crippen LogP contribution in [0.5, 0.6) is 0 Å². The van der Waals surface area contributed by atoms with Gasteiger partial charge in [0.25, 0.3) is 0 Å². The van der Waals surface area contributed by atoms with E-state index in [4.69, 9.17) is 0 Å². The number of rotatable bonds is 4. The fraction of sp³-hybridized carbons (Fsp3) is 0.143. The van der Waals surface area contributed by atoms with Gasteiger partial charge in [-0.1, -0.05) is 64.9 Å². The Labute approximate surface area is 105 Å². The van der Waals surface area contributed by atoms with Crippen LogP contribution < -0.4 is 0 Å². The number of hydrogen-bond acceptors (Lipinski definition) is 2. The maximum absolute atomic E-state index is 2.20. The van der Waals surface area contributed by atoms with E-state index in [9.17, 15) is 0 Å². The van der Waals surface area contributed by atoms with Crippen molar-refractivity contribution < 1.29 is 0 Å². The van der Waals surface area contributed by atoms with Crippen LogP contribution in [-0.2, 0) is 6.42 Å². The Bertz CT molecular complexity index is 437. The van der Waals surface area contributed by atoms with Crippen molar-refractivity contribution in [2.45, 2.75) is 23.1 Å². The summed E-state index contributed by atoms with van der Waals surface area (Å²) in [4.78, 5) is 2.68. The Kier molecular flexibility index (Phi) is 4.37. The first-order chi connectivity index (χ1) is 7.90. The lowest BCUT2D eigenvalue weighted by molar-refractivity contribution is 1.08. The van der Waals surface area contributed by atoms with Crippen LogP contribution in [0.2, 0.25) is 0 Å². The lowest BCUT2D eigenvalue weighted by Crippen LogP contribution is -1.82. The van der Waals surface area contributed by atoms with Gasteiger partial charge in [0.2, 0.25) is 0 Å². The fourth-order valence-electron chi connectivity index (χ4n) is 1.45. The van der Waals surface area contributed by atoms with Crippen molar-refractivity contribution in [3.63, 3.8) is 0 Å². The molecule has 2 aromatic carbocycles. The van der Waals surface area contributed by atoms with Crippen LogP contribution in [0.25, 0.3) is 0 Å². The van der Waals surface area contributed by atoms with Crippen LogP contribution in [0, 0.1) is 0 Å². The van der Waals surface area contributed by atoms with Crippen molar-refractivity contribution >= 4 is 21.6 Å². The molecule has 0 nitrogen and oxygen atoms in total. The summed E-state index contributed by atoms with van der Waals surface area (Å²) < 4.78 is 0. The molecule has 0 amide bonds. The van der Waals surface area contributed by atoms with Crippen molar-refractivity contribution in [3.8, 4) is 0 Å². The molecular formula is C14H14S2. The van der Waals surface area contributed by atoms with Gasteiger partial charge in [-0.2, -0.15) is 0 Å². The quantitative estimate of drug-likeness (QED) is 0.692. The van der Waals surface area contributed by atoms with E-state index in [2.05, 4.69) is 61.5 Å². The van der Waals surface area contributed by atoms with Crippen LogP contribution in [0.1, 0.15) is 12.5 Å². The molecule has 16 heavy (non-hydrogen) atoms. The second-order valence-electron chi connectivity index (χ2n) is 3.44. The molecule has 0 bridgehead atoms. The van der Waals surface area contributed by atoms with Gasteiger partial charge in [-0.3, -0.25) is 0 Å². The van der Waals surface area contributed by atoms with Gasteiger partial charge >= 0.3 is 0 Å². The molecule has 0 N–H and O–H groups in total. The lowest BCUT2D eigenvalue weighted by atomic mass is 10.2. The average Bonchev–Trinajstić information content (AvgIpc) is 2.38. The second-order valence-corrected chi connectivity index (χ2v) is 5.69. The molecule has 82 valence electrons. The third-order valence-corrected chi connectivity index (χ3v) is 4.82. The number of hydrogen-bond donors (Lipinski definition) is 0. The van der Waals surface area contributed by atoms with Crippen molar-refractivity contribution in [3.05, 3.63) is 60.2 Å². The summed E-state index contributed by atoms with van der Waals surface area (Å²) in [6.07, 6.45) is 1.10. The summed E-state index contributed by atoms with van der Waals surface area (Å²) in [7, 11) is 3.66. The lowest BCUT2D eigenvalue weighted by Gasteiger charge is -2.05. The van der Waals surface area contributed by atoms with Crippen molar-refractivity contribution in [1.29, 1.82) is 0 Å². The van der Waals surface area contributed by atoms with Gasteiger partial charge in [-0.25, -0.2) is 0 Å². The molecule has 2 rings (SSSR count). The van der Waals surface area contributed by atoms with E-state index >= 15 is 0 Å².